The van der Waals surface area contributed by atoms with Gasteiger partial charge in [-0.3, -0.25) is 9.59 Å². The Morgan fingerprint density at radius 1 is 1.03 bits per heavy atom. The van der Waals surface area contributed by atoms with Crippen molar-refractivity contribution >= 4 is 27.9 Å². The van der Waals surface area contributed by atoms with E-state index in [1.54, 1.807) is 7.11 Å². The van der Waals surface area contributed by atoms with E-state index < -0.39 is 23.8 Å². The Morgan fingerprint density at radius 2 is 1.74 bits per heavy atom. The number of benzene rings is 2. The summed E-state index contributed by atoms with van der Waals surface area (Å²) in [7, 11) is 1.59. The summed E-state index contributed by atoms with van der Waals surface area (Å²) in [6.07, 6.45) is 0.528. The lowest BCUT2D eigenvalue weighted by Crippen LogP contribution is -2.43. The molecule has 2 aromatic carbocycles. The predicted octanol–water partition coefficient (Wildman–Crippen LogP) is 4.42. The van der Waals surface area contributed by atoms with Crippen molar-refractivity contribution in [1.82, 2.24) is 0 Å². The largest absolute Gasteiger partial charge is 0.481 e. The lowest BCUT2D eigenvalue weighted by molar-refractivity contribution is -0.165. The second kappa shape index (κ2) is 11.4. The van der Waals surface area contributed by atoms with E-state index in [1.807, 2.05) is 54.6 Å². The highest BCUT2D eigenvalue weighted by atomic mass is 79.9. The van der Waals surface area contributed by atoms with E-state index in [9.17, 15) is 14.7 Å². The molecule has 0 unspecified atom stereocenters. The maximum atomic E-state index is 13.1. The first kappa shape index (κ1) is 23.4. The van der Waals surface area contributed by atoms with Gasteiger partial charge in [0.05, 0.1) is 31.2 Å². The molecule has 0 aromatic heterocycles. The molecule has 2 aromatic rings. The Balaban J connectivity index is 1.84. The molecule has 0 aliphatic heterocycles. The molecular formula is C24H27BrO6. The number of carboxylic acid groups (broad SMARTS) is 1. The molecule has 3 rings (SSSR count). The Labute approximate surface area is 190 Å². The zero-order valence-corrected chi connectivity index (χ0v) is 19.0. The van der Waals surface area contributed by atoms with Crippen LogP contribution < -0.4 is 0 Å². The molecule has 1 aliphatic rings. The van der Waals surface area contributed by atoms with Crippen molar-refractivity contribution in [1.29, 1.82) is 0 Å². The van der Waals surface area contributed by atoms with E-state index in [0.717, 1.165) is 15.6 Å². The molecule has 0 bridgehead atoms. The predicted molar refractivity (Wildman–Crippen MR) is 119 cm³/mol. The van der Waals surface area contributed by atoms with Gasteiger partial charge in [-0.25, -0.2) is 0 Å². The lowest BCUT2D eigenvalue weighted by Gasteiger charge is -2.39. The van der Waals surface area contributed by atoms with Gasteiger partial charge in [-0.15, -0.1) is 0 Å². The highest BCUT2D eigenvalue weighted by molar-refractivity contribution is 9.10. The van der Waals surface area contributed by atoms with Gasteiger partial charge < -0.3 is 19.3 Å². The summed E-state index contributed by atoms with van der Waals surface area (Å²) in [5.74, 6) is -3.50. The first-order chi connectivity index (χ1) is 15.0. The second-order valence-electron chi connectivity index (χ2n) is 7.68. The van der Waals surface area contributed by atoms with Gasteiger partial charge in [0, 0.05) is 17.5 Å². The minimum Gasteiger partial charge on any atom is -0.481 e. The van der Waals surface area contributed by atoms with Crippen LogP contribution in [0.25, 0.3) is 0 Å². The molecule has 0 saturated heterocycles. The third-order valence-electron chi connectivity index (χ3n) is 5.65. The Hall–Kier alpha value is -2.22. The molecular weight excluding hydrogens is 464 g/mol. The van der Waals surface area contributed by atoms with E-state index >= 15 is 0 Å². The molecule has 7 heteroatoms. The topological polar surface area (TPSA) is 82.1 Å². The molecule has 6 nitrogen and oxygen atoms in total. The zero-order chi connectivity index (χ0) is 22.2. The van der Waals surface area contributed by atoms with Crippen LogP contribution in [0.15, 0.2) is 59.1 Å². The zero-order valence-electron chi connectivity index (χ0n) is 17.4. The quantitative estimate of drug-likeness (QED) is 0.413. The maximum Gasteiger partial charge on any atom is 0.310 e. The van der Waals surface area contributed by atoms with Crippen molar-refractivity contribution in [2.45, 2.75) is 31.5 Å². The highest BCUT2D eigenvalue weighted by Crippen LogP contribution is 2.43. The lowest BCUT2D eigenvalue weighted by atomic mass is 9.68. The fourth-order valence-electron chi connectivity index (χ4n) is 4.13. The van der Waals surface area contributed by atoms with E-state index in [1.165, 1.54) is 0 Å². The van der Waals surface area contributed by atoms with Crippen LogP contribution in [0.4, 0.5) is 0 Å². The number of carbonyl (C=O) groups is 2. The Bertz CT molecular complexity index is 854. The summed E-state index contributed by atoms with van der Waals surface area (Å²) in [5.41, 5.74) is 1.76. The van der Waals surface area contributed by atoms with E-state index in [0.29, 0.717) is 19.6 Å². The summed E-state index contributed by atoms with van der Waals surface area (Å²) in [6, 6.07) is 17.0. The molecule has 31 heavy (non-hydrogen) atoms. The third kappa shape index (κ3) is 6.38. The van der Waals surface area contributed by atoms with Crippen molar-refractivity contribution in [2.24, 2.45) is 11.8 Å². The van der Waals surface area contributed by atoms with Crippen LogP contribution in [-0.2, 0) is 30.4 Å². The van der Waals surface area contributed by atoms with Gasteiger partial charge >= 0.3 is 11.9 Å². The standard InChI is InChI=1S/C24H27BrO6/c1-29-11-12-30-19-13-20(17-7-9-18(25)10-8-17)22(21(14-19)23(26)27)24(28)31-15-16-5-3-2-4-6-16/h2-10,19-22H,11-15H2,1H3,(H,26,27)/t19-,20-,21-,22-/m1/s1. The smallest absolute Gasteiger partial charge is 0.310 e. The van der Waals surface area contributed by atoms with Crippen LogP contribution in [0.1, 0.15) is 29.9 Å². The fraction of sp³-hybridized carbons (Fsp3) is 0.417. The average molecular weight is 491 g/mol. The minimum absolute atomic E-state index is 0.114. The Morgan fingerprint density at radius 3 is 2.39 bits per heavy atom. The molecule has 0 heterocycles. The molecule has 1 N–H and O–H groups in total. The van der Waals surface area contributed by atoms with Gasteiger partial charge in [0.1, 0.15) is 6.61 Å². The summed E-state index contributed by atoms with van der Waals surface area (Å²) in [4.78, 5) is 25.3. The molecule has 1 fully saturated rings. The van der Waals surface area contributed by atoms with Crippen LogP contribution in [0, 0.1) is 11.8 Å². The molecule has 166 valence electrons. The number of hydrogen-bond acceptors (Lipinski definition) is 5. The van der Waals surface area contributed by atoms with Crippen LogP contribution in [0.3, 0.4) is 0 Å². The third-order valence-corrected chi connectivity index (χ3v) is 6.18. The molecule has 0 amide bonds. The van der Waals surface area contributed by atoms with E-state index in [2.05, 4.69) is 15.9 Å². The molecule has 1 aliphatic carbocycles. The fourth-order valence-corrected chi connectivity index (χ4v) is 4.40. The van der Waals surface area contributed by atoms with E-state index in [-0.39, 0.29) is 25.0 Å². The number of aliphatic carboxylic acids is 1. The van der Waals surface area contributed by atoms with Gasteiger partial charge in [0.2, 0.25) is 0 Å². The SMILES string of the molecule is COCCO[C@@H]1C[C@H](c2ccc(Br)cc2)[C@@H](C(=O)OCc2ccccc2)[C@H](C(=O)O)C1. The van der Waals surface area contributed by atoms with Crippen molar-refractivity contribution < 1.29 is 28.9 Å². The maximum absolute atomic E-state index is 13.1. The van der Waals surface area contributed by atoms with Crippen molar-refractivity contribution in [3.05, 3.63) is 70.2 Å². The number of esters is 1. The molecule has 0 spiro atoms. The molecule has 0 radical (unpaired) electrons. The number of ether oxygens (including phenoxy) is 3. The second-order valence-corrected chi connectivity index (χ2v) is 8.59. The number of rotatable bonds is 9. The van der Waals surface area contributed by atoms with Crippen LogP contribution in [0.2, 0.25) is 0 Å². The Kier molecular flexibility index (Phi) is 8.63. The first-order valence-electron chi connectivity index (χ1n) is 10.3. The van der Waals surface area contributed by atoms with Crippen LogP contribution in [0.5, 0.6) is 0 Å². The number of hydrogen-bond donors (Lipinski definition) is 1. The number of carboxylic acids is 1. The van der Waals surface area contributed by atoms with Crippen LogP contribution in [-0.4, -0.2) is 43.5 Å². The average Bonchev–Trinajstić information content (AvgIpc) is 2.78. The summed E-state index contributed by atoms with van der Waals surface area (Å²) in [5, 5.41) is 9.95. The van der Waals surface area contributed by atoms with Crippen molar-refractivity contribution in [2.75, 3.05) is 20.3 Å². The van der Waals surface area contributed by atoms with Gasteiger partial charge in [0.25, 0.3) is 0 Å². The normalized spacial score (nSPS) is 23.3. The minimum atomic E-state index is -1.01. The number of halogens is 1. The van der Waals surface area contributed by atoms with Crippen molar-refractivity contribution in [3.8, 4) is 0 Å². The number of carbonyl (C=O) groups excluding carboxylic acids is 1. The first-order valence-corrected chi connectivity index (χ1v) is 11.1. The highest BCUT2D eigenvalue weighted by Gasteiger charge is 2.47. The van der Waals surface area contributed by atoms with Gasteiger partial charge in [-0.1, -0.05) is 58.4 Å². The van der Waals surface area contributed by atoms with Gasteiger partial charge in [0.15, 0.2) is 0 Å². The molecule has 1 saturated carbocycles. The monoisotopic (exact) mass is 490 g/mol. The van der Waals surface area contributed by atoms with Gasteiger partial charge in [-0.2, -0.15) is 0 Å². The summed E-state index contributed by atoms with van der Waals surface area (Å²) < 4.78 is 17.4. The number of methoxy groups -OCH3 is 1. The van der Waals surface area contributed by atoms with E-state index in [4.69, 9.17) is 14.2 Å². The summed E-state index contributed by atoms with van der Waals surface area (Å²) >= 11 is 3.43. The van der Waals surface area contributed by atoms with Crippen molar-refractivity contribution in [3.63, 3.8) is 0 Å². The van der Waals surface area contributed by atoms with Crippen LogP contribution >= 0.6 is 15.9 Å². The molecule has 4 atom stereocenters. The summed E-state index contributed by atoms with van der Waals surface area (Å²) in [6.45, 7) is 0.923. The van der Waals surface area contributed by atoms with Gasteiger partial charge in [-0.05, 0) is 36.1 Å².